The average Bonchev–Trinajstić information content (AvgIpc) is 3.17. The van der Waals surface area contributed by atoms with E-state index in [4.69, 9.17) is 0 Å². The minimum atomic E-state index is -0.123. The van der Waals surface area contributed by atoms with Crippen LogP contribution in [0.4, 0.5) is 0 Å². The van der Waals surface area contributed by atoms with Crippen LogP contribution in [0.25, 0.3) is 0 Å². The number of rotatable bonds is 8. The fourth-order valence-corrected chi connectivity index (χ4v) is 1.59. The number of esters is 1. The smallest absolute Gasteiger partial charge is 0.305 e. The Bertz CT molecular complexity index is 275. The summed E-state index contributed by atoms with van der Waals surface area (Å²) in [6.45, 7) is 3.77. The van der Waals surface area contributed by atoms with E-state index in [1.807, 2.05) is 0 Å². The molecule has 1 aliphatic carbocycles. The number of nitrogens with zero attached hydrogens (tertiary/aromatic N) is 1. The van der Waals surface area contributed by atoms with E-state index < -0.39 is 0 Å². The molecule has 0 aromatic carbocycles. The molecule has 104 valence electrons. The summed E-state index contributed by atoms with van der Waals surface area (Å²) in [6.07, 6.45) is 5.93. The first-order valence-electron chi connectivity index (χ1n) is 6.88. The summed E-state index contributed by atoms with van der Waals surface area (Å²) < 4.78 is 4.59. The molecule has 1 rings (SSSR count). The second-order valence-corrected chi connectivity index (χ2v) is 4.57. The van der Waals surface area contributed by atoms with E-state index in [1.165, 1.54) is 20.0 Å². The Morgan fingerprint density at radius 3 is 2.72 bits per heavy atom. The summed E-state index contributed by atoms with van der Waals surface area (Å²) in [5.41, 5.74) is 0. The number of carbonyl (C=O) groups excluding carboxylic acids is 1. The molecule has 2 N–H and O–H groups in total. The van der Waals surface area contributed by atoms with Gasteiger partial charge in [-0.2, -0.15) is 0 Å². The number of guanidine groups is 1. The molecule has 1 fully saturated rings. The number of carbonyl (C=O) groups is 1. The third-order valence-corrected chi connectivity index (χ3v) is 2.80. The van der Waals surface area contributed by atoms with Crippen molar-refractivity contribution in [2.75, 3.05) is 20.2 Å². The van der Waals surface area contributed by atoms with Gasteiger partial charge in [0.05, 0.1) is 7.11 Å². The number of ether oxygens (including phenoxy) is 1. The highest BCUT2D eigenvalue weighted by Crippen LogP contribution is 2.18. The molecule has 0 saturated heterocycles. The van der Waals surface area contributed by atoms with Gasteiger partial charge in [-0.15, -0.1) is 0 Å². The topological polar surface area (TPSA) is 62.7 Å². The van der Waals surface area contributed by atoms with Crippen LogP contribution in [0.15, 0.2) is 4.99 Å². The van der Waals surface area contributed by atoms with Crippen molar-refractivity contribution in [1.29, 1.82) is 0 Å². The highest BCUT2D eigenvalue weighted by atomic mass is 16.5. The molecule has 5 heteroatoms. The van der Waals surface area contributed by atoms with Gasteiger partial charge in [0.1, 0.15) is 0 Å². The van der Waals surface area contributed by atoms with Gasteiger partial charge in [-0.3, -0.25) is 9.79 Å². The van der Waals surface area contributed by atoms with Crippen molar-refractivity contribution in [3.8, 4) is 0 Å². The van der Waals surface area contributed by atoms with Crippen molar-refractivity contribution < 1.29 is 9.53 Å². The Kier molecular flexibility index (Phi) is 7.22. The number of methoxy groups -OCH3 is 1. The predicted molar refractivity (Wildman–Crippen MR) is 72.6 cm³/mol. The number of aliphatic imine (C=N–C) groups is 1. The molecule has 0 aromatic heterocycles. The SMILES string of the molecule is CCNC(=NCCCCCC(=O)OC)NC1CC1. The Hall–Kier alpha value is -1.26. The van der Waals surface area contributed by atoms with Gasteiger partial charge < -0.3 is 15.4 Å². The van der Waals surface area contributed by atoms with Crippen LogP contribution in [0.3, 0.4) is 0 Å². The van der Waals surface area contributed by atoms with Crippen molar-refractivity contribution in [2.24, 2.45) is 4.99 Å². The van der Waals surface area contributed by atoms with Gasteiger partial charge in [-0.05, 0) is 32.6 Å². The lowest BCUT2D eigenvalue weighted by Gasteiger charge is -2.09. The number of hydrogen-bond acceptors (Lipinski definition) is 3. The van der Waals surface area contributed by atoms with Gasteiger partial charge in [0.2, 0.25) is 0 Å². The zero-order valence-electron chi connectivity index (χ0n) is 11.5. The molecule has 0 bridgehead atoms. The first-order valence-corrected chi connectivity index (χ1v) is 6.88. The summed E-state index contributed by atoms with van der Waals surface area (Å²) in [7, 11) is 1.43. The van der Waals surface area contributed by atoms with Crippen LogP contribution in [-0.4, -0.2) is 38.2 Å². The fourth-order valence-electron chi connectivity index (χ4n) is 1.59. The zero-order valence-corrected chi connectivity index (χ0v) is 11.5. The molecule has 0 aromatic rings. The molecule has 0 atom stereocenters. The fraction of sp³-hybridized carbons (Fsp3) is 0.846. The monoisotopic (exact) mass is 255 g/mol. The van der Waals surface area contributed by atoms with Gasteiger partial charge in [-0.1, -0.05) is 6.42 Å². The van der Waals surface area contributed by atoms with Gasteiger partial charge in [0, 0.05) is 25.6 Å². The van der Waals surface area contributed by atoms with Crippen LogP contribution in [0.1, 0.15) is 45.4 Å². The lowest BCUT2D eigenvalue weighted by molar-refractivity contribution is -0.140. The van der Waals surface area contributed by atoms with Crippen molar-refractivity contribution >= 4 is 11.9 Å². The second-order valence-electron chi connectivity index (χ2n) is 4.57. The van der Waals surface area contributed by atoms with E-state index in [0.29, 0.717) is 12.5 Å². The van der Waals surface area contributed by atoms with E-state index >= 15 is 0 Å². The molecule has 1 saturated carbocycles. The molecule has 0 heterocycles. The number of nitrogens with one attached hydrogen (secondary N) is 2. The maximum Gasteiger partial charge on any atom is 0.305 e. The maximum absolute atomic E-state index is 10.9. The molecule has 0 aliphatic heterocycles. The molecule has 0 spiro atoms. The van der Waals surface area contributed by atoms with Gasteiger partial charge >= 0.3 is 5.97 Å². The zero-order chi connectivity index (χ0) is 13.2. The Morgan fingerprint density at radius 2 is 2.11 bits per heavy atom. The maximum atomic E-state index is 10.9. The van der Waals surface area contributed by atoms with Crippen molar-refractivity contribution in [3.05, 3.63) is 0 Å². The normalized spacial score (nSPS) is 15.3. The lowest BCUT2D eigenvalue weighted by Crippen LogP contribution is -2.38. The molecule has 0 amide bonds. The Balaban J connectivity index is 2.06. The predicted octanol–water partition coefficient (Wildman–Crippen LogP) is 1.44. The summed E-state index contributed by atoms with van der Waals surface area (Å²) in [5.74, 6) is 0.801. The van der Waals surface area contributed by atoms with E-state index in [-0.39, 0.29) is 5.97 Å². The Morgan fingerprint density at radius 1 is 1.33 bits per heavy atom. The quantitative estimate of drug-likeness (QED) is 0.298. The van der Waals surface area contributed by atoms with E-state index in [0.717, 1.165) is 38.3 Å². The standard InChI is InChI=1S/C13H25N3O2/c1-3-14-13(16-11-8-9-11)15-10-6-4-5-7-12(17)18-2/h11H,3-10H2,1-2H3,(H2,14,15,16). The summed E-state index contributed by atoms with van der Waals surface area (Å²) >= 11 is 0. The largest absolute Gasteiger partial charge is 0.469 e. The summed E-state index contributed by atoms with van der Waals surface area (Å²) in [5, 5.41) is 6.61. The summed E-state index contributed by atoms with van der Waals surface area (Å²) in [6, 6.07) is 0.627. The summed E-state index contributed by atoms with van der Waals surface area (Å²) in [4.78, 5) is 15.4. The van der Waals surface area contributed by atoms with Crippen LogP contribution in [0.5, 0.6) is 0 Å². The van der Waals surface area contributed by atoms with Crippen molar-refractivity contribution in [1.82, 2.24) is 10.6 Å². The minimum absolute atomic E-state index is 0.123. The Labute approximate surface area is 109 Å². The first kappa shape index (κ1) is 14.8. The van der Waals surface area contributed by atoms with Crippen molar-refractivity contribution in [2.45, 2.75) is 51.5 Å². The number of hydrogen-bond donors (Lipinski definition) is 2. The second kappa shape index (κ2) is 8.78. The molecule has 5 nitrogen and oxygen atoms in total. The highest BCUT2D eigenvalue weighted by molar-refractivity contribution is 5.80. The van der Waals surface area contributed by atoms with Gasteiger partial charge in [-0.25, -0.2) is 0 Å². The first-order chi connectivity index (χ1) is 8.76. The highest BCUT2D eigenvalue weighted by Gasteiger charge is 2.21. The number of unbranched alkanes of at least 4 members (excludes halogenated alkanes) is 2. The molecular weight excluding hydrogens is 230 g/mol. The van der Waals surface area contributed by atoms with Gasteiger partial charge in [0.25, 0.3) is 0 Å². The van der Waals surface area contributed by atoms with E-state index in [1.54, 1.807) is 0 Å². The molecular formula is C13H25N3O2. The third kappa shape index (κ3) is 7.14. The average molecular weight is 255 g/mol. The van der Waals surface area contributed by atoms with Crippen LogP contribution in [-0.2, 0) is 9.53 Å². The van der Waals surface area contributed by atoms with Gasteiger partial charge in [0.15, 0.2) is 5.96 Å². The van der Waals surface area contributed by atoms with Crippen LogP contribution >= 0.6 is 0 Å². The molecule has 0 radical (unpaired) electrons. The molecule has 1 aliphatic rings. The molecule has 18 heavy (non-hydrogen) atoms. The molecule has 0 unspecified atom stereocenters. The van der Waals surface area contributed by atoms with Crippen LogP contribution in [0.2, 0.25) is 0 Å². The van der Waals surface area contributed by atoms with E-state index in [2.05, 4.69) is 27.3 Å². The van der Waals surface area contributed by atoms with Crippen LogP contribution in [0, 0.1) is 0 Å². The minimum Gasteiger partial charge on any atom is -0.469 e. The van der Waals surface area contributed by atoms with Crippen molar-refractivity contribution in [3.63, 3.8) is 0 Å². The third-order valence-electron chi connectivity index (χ3n) is 2.80. The lowest BCUT2D eigenvalue weighted by atomic mass is 10.2. The van der Waals surface area contributed by atoms with Crippen LogP contribution < -0.4 is 10.6 Å². The van der Waals surface area contributed by atoms with E-state index in [9.17, 15) is 4.79 Å².